The summed E-state index contributed by atoms with van der Waals surface area (Å²) in [5, 5.41) is 9.74. The maximum Gasteiger partial charge on any atom is 0.321 e. The zero-order valence-electron chi connectivity index (χ0n) is 9.88. The minimum atomic E-state index is -0.333. The molecule has 0 heterocycles. The third kappa shape index (κ3) is 4.50. The first kappa shape index (κ1) is 13.8. The van der Waals surface area contributed by atoms with Crippen molar-refractivity contribution < 1.29 is 14.6 Å². The van der Waals surface area contributed by atoms with Crippen LogP contribution < -0.4 is 4.74 Å². The van der Waals surface area contributed by atoms with E-state index >= 15 is 0 Å². The number of phenolic OH excluding ortho intramolecular Hbond substituents is 1. The number of aromatic hydroxyl groups is 1. The number of halogens is 1. The molecule has 0 unspecified atom stereocenters. The molecule has 0 fully saturated rings. The summed E-state index contributed by atoms with van der Waals surface area (Å²) >= 11 is 7.09. The summed E-state index contributed by atoms with van der Waals surface area (Å²) in [4.78, 5) is 12.5. The Balaban J connectivity index is 1.84. The lowest BCUT2D eigenvalue weighted by molar-refractivity contribution is -0.131. The number of phenols is 1. The monoisotopic (exact) mass is 294 g/mol. The summed E-state index contributed by atoms with van der Waals surface area (Å²) in [5.74, 6) is 0.544. The van der Waals surface area contributed by atoms with Crippen LogP contribution in [0.15, 0.2) is 53.4 Å². The first-order valence-corrected chi connectivity index (χ1v) is 6.88. The summed E-state index contributed by atoms with van der Waals surface area (Å²) in [6, 6.07) is 13.3. The van der Waals surface area contributed by atoms with Gasteiger partial charge >= 0.3 is 5.97 Å². The second-order valence-electron chi connectivity index (χ2n) is 3.71. The van der Waals surface area contributed by atoms with Crippen LogP contribution in [0.25, 0.3) is 0 Å². The number of esters is 1. The predicted molar refractivity (Wildman–Crippen MR) is 75.9 cm³/mol. The highest BCUT2D eigenvalue weighted by Gasteiger charge is 2.06. The normalized spacial score (nSPS) is 10.2. The first-order chi connectivity index (χ1) is 9.13. The van der Waals surface area contributed by atoms with E-state index in [-0.39, 0.29) is 17.5 Å². The van der Waals surface area contributed by atoms with Crippen LogP contribution in [0.3, 0.4) is 0 Å². The van der Waals surface area contributed by atoms with Gasteiger partial charge in [-0.15, -0.1) is 11.8 Å². The van der Waals surface area contributed by atoms with Gasteiger partial charge < -0.3 is 9.84 Å². The molecule has 2 aromatic rings. The molecule has 2 aromatic carbocycles. The van der Waals surface area contributed by atoms with E-state index in [1.165, 1.54) is 11.8 Å². The Bertz CT molecular complexity index is 552. The average molecular weight is 295 g/mol. The van der Waals surface area contributed by atoms with Crippen molar-refractivity contribution >= 4 is 29.3 Å². The van der Waals surface area contributed by atoms with Gasteiger partial charge in [-0.2, -0.15) is 0 Å². The topological polar surface area (TPSA) is 46.5 Å². The van der Waals surface area contributed by atoms with Gasteiger partial charge in [0.15, 0.2) is 0 Å². The maximum atomic E-state index is 11.6. The molecule has 0 aromatic heterocycles. The quantitative estimate of drug-likeness (QED) is 0.530. The molecule has 0 spiro atoms. The summed E-state index contributed by atoms with van der Waals surface area (Å²) < 4.78 is 5.15. The second kappa shape index (κ2) is 6.50. The van der Waals surface area contributed by atoms with Crippen molar-refractivity contribution in [2.75, 3.05) is 5.75 Å². The van der Waals surface area contributed by atoms with E-state index in [0.717, 1.165) is 4.90 Å². The third-order valence-corrected chi connectivity index (χ3v) is 3.48. The van der Waals surface area contributed by atoms with Gasteiger partial charge in [0, 0.05) is 9.92 Å². The van der Waals surface area contributed by atoms with Crippen molar-refractivity contribution in [2.24, 2.45) is 0 Å². The van der Waals surface area contributed by atoms with Crippen molar-refractivity contribution in [3.8, 4) is 11.5 Å². The van der Waals surface area contributed by atoms with E-state index in [2.05, 4.69) is 0 Å². The van der Waals surface area contributed by atoms with Crippen molar-refractivity contribution in [3.63, 3.8) is 0 Å². The van der Waals surface area contributed by atoms with Gasteiger partial charge in [0.25, 0.3) is 0 Å². The van der Waals surface area contributed by atoms with Crippen molar-refractivity contribution in [1.29, 1.82) is 0 Å². The smallest absolute Gasteiger partial charge is 0.321 e. The number of carbonyl (C=O) groups excluding carboxylic acids is 1. The van der Waals surface area contributed by atoms with Crippen LogP contribution in [-0.4, -0.2) is 16.8 Å². The Hall–Kier alpha value is -1.65. The van der Waals surface area contributed by atoms with Gasteiger partial charge in [-0.05, 0) is 48.5 Å². The molecule has 5 heteroatoms. The molecule has 98 valence electrons. The standard InChI is InChI=1S/C14H11ClO3S/c15-10-1-5-12(6-2-10)18-14(17)9-19-13-7-3-11(16)4-8-13/h1-8,16H,9H2. The molecule has 19 heavy (non-hydrogen) atoms. The number of hydrogen-bond acceptors (Lipinski definition) is 4. The highest BCUT2D eigenvalue weighted by Crippen LogP contribution is 2.21. The lowest BCUT2D eigenvalue weighted by atomic mass is 10.3. The van der Waals surface area contributed by atoms with Crippen LogP contribution >= 0.6 is 23.4 Å². The average Bonchev–Trinajstić information content (AvgIpc) is 2.41. The largest absolute Gasteiger partial charge is 0.508 e. The molecule has 0 saturated carbocycles. The van der Waals surface area contributed by atoms with Crippen LogP contribution in [0.1, 0.15) is 0 Å². The molecular formula is C14H11ClO3S. The van der Waals surface area contributed by atoms with Crippen molar-refractivity contribution in [1.82, 2.24) is 0 Å². The summed E-state index contributed by atoms with van der Waals surface area (Å²) in [6.45, 7) is 0. The van der Waals surface area contributed by atoms with E-state index in [0.29, 0.717) is 10.8 Å². The molecule has 2 rings (SSSR count). The Morgan fingerprint density at radius 3 is 2.37 bits per heavy atom. The van der Waals surface area contributed by atoms with Crippen LogP contribution in [0.5, 0.6) is 11.5 Å². The minimum absolute atomic E-state index is 0.202. The minimum Gasteiger partial charge on any atom is -0.508 e. The van der Waals surface area contributed by atoms with Crippen molar-refractivity contribution in [3.05, 3.63) is 53.6 Å². The van der Waals surface area contributed by atoms with E-state index in [1.54, 1.807) is 48.5 Å². The molecule has 1 N–H and O–H groups in total. The van der Waals surface area contributed by atoms with Gasteiger partial charge in [0.2, 0.25) is 0 Å². The summed E-state index contributed by atoms with van der Waals surface area (Å²) in [7, 11) is 0. The molecular weight excluding hydrogens is 284 g/mol. The number of carbonyl (C=O) groups is 1. The fourth-order valence-electron chi connectivity index (χ4n) is 1.35. The zero-order valence-corrected chi connectivity index (χ0v) is 11.4. The van der Waals surface area contributed by atoms with Gasteiger partial charge in [-0.1, -0.05) is 11.6 Å². The Morgan fingerprint density at radius 2 is 1.74 bits per heavy atom. The molecule has 0 amide bonds. The second-order valence-corrected chi connectivity index (χ2v) is 5.20. The van der Waals surface area contributed by atoms with Crippen LogP contribution in [0.4, 0.5) is 0 Å². The fourth-order valence-corrected chi connectivity index (χ4v) is 2.15. The lowest BCUT2D eigenvalue weighted by Gasteiger charge is -2.04. The van der Waals surface area contributed by atoms with Crippen LogP contribution in [0, 0.1) is 0 Å². The molecule has 0 aliphatic rings. The van der Waals surface area contributed by atoms with Crippen molar-refractivity contribution in [2.45, 2.75) is 4.90 Å². The molecule has 0 bridgehead atoms. The lowest BCUT2D eigenvalue weighted by Crippen LogP contribution is -2.10. The number of hydrogen-bond donors (Lipinski definition) is 1. The first-order valence-electron chi connectivity index (χ1n) is 5.51. The molecule has 0 radical (unpaired) electrons. The molecule has 0 aliphatic carbocycles. The SMILES string of the molecule is O=C(CSc1ccc(O)cc1)Oc1ccc(Cl)cc1. The fraction of sp³-hybridized carbons (Fsp3) is 0.0714. The zero-order chi connectivity index (χ0) is 13.7. The van der Waals surface area contributed by atoms with Crippen LogP contribution in [0.2, 0.25) is 5.02 Å². The van der Waals surface area contributed by atoms with E-state index in [9.17, 15) is 4.79 Å². The maximum absolute atomic E-state index is 11.6. The van der Waals surface area contributed by atoms with E-state index in [1.807, 2.05) is 0 Å². The number of thioether (sulfide) groups is 1. The van der Waals surface area contributed by atoms with Gasteiger partial charge in [0.1, 0.15) is 11.5 Å². The summed E-state index contributed by atoms with van der Waals surface area (Å²) in [5.41, 5.74) is 0. The Kier molecular flexibility index (Phi) is 4.71. The molecule has 0 saturated heterocycles. The highest BCUT2D eigenvalue weighted by atomic mass is 35.5. The van der Waals surface area contributed by atoms with Gasteiger partial charge in [-0.3, -0.25) is 4.79 Å². The van der Waals surface area contributed by atoms with Gasteiger partial charge in [0.05, 0.1) is 5.75 Å². The molecule has 0 atom stereocenters. The number of benzene rings is 2. The highest BCUT2D eigenvalue weighted by molar-refractivity contribution is 8.00. The van der Waals surface area contributed by atoms with E-state index in [4.69, 9.17) is 21.4 Å². The Labute approximate surface area is 120 Å². The van der Waals surface area contributed by atoms with Gasteiger partial charge in [-0.25, -0.2) is 0 Å². The number of ether oxygens (including phenoxy) is 1. The molecule has 0 aliphatic heterocycles. The van der Waals surface area contributed by atoms with E-state index < -0.39 is 0 Å². The molecule has 3 nitrogen and oxygen atoms in total. The number of rotatable bonds is 4. The van der Waals surface area contributed by atoms with Crippen LogP contribution in [-0.2, 0) is 4.79 Å². The Morgan fingerprint density at radius 1 is 1.11 bits per heavy atom. The summed E-state index contributed by atoms with van der Waals surface area (Å²) in [6.07, 6.45) is 0. The predicted octanol–water partition coefficient (Wildman–Crippen LogP) is 3.74. The third-order valence-electron chi connectivity index (χ3n) is 2.24.